The van der Waals surface area contributed by atoms with Gasteiger partial charge in [0, 0.05) is 0 Å². The molecule has 4 rings (SSSR count). The van der Waals surface area contributed by atoms with E-state index in [-0.39, 0.29) is 34.5 Å². The van der Waals surface area contributed by atoms with Crippen molar-refractivity contribution in [3.63, 3.8) is 0 Å². The molecule has 11 heteroatoms. The summed E-state index contributed by atoms with van der Waals surface area (Å²) in [6.07, 6.45) is 1.50. The lowest BCUT2D eigenvalue weighted by atomic mass is 10.2. The van der Waals surface area contributed by atoms with Crippen molar-refractivity contribution in [2.45, 2.75) is 11.8 Å². The molecule has 1 aliphatic rings. The molecule has 0 spiro atoms. The summed E-state index contributed by atoms with van der Waals surface area (Å²) in [7, 11) is -1.22. The Labute approximate surface area is 225 Å². The molecule has 0 saturated carbocycles. The van der Waals surface area contributed by atoms with Gasteiger partial charge in [-0.15, -0.1) is 0 Å². The molecule has 38 heavy (non-hydrogen) atoms. The lowest BCUT2D eigenvalue weighted by Crippen LogP contribution is -2.32. The molecule has 0 bridgehead atoms. The molecule has 0 radical (unpaired) electrons. The van der Waals surface area contributed by atoms with E-state index in [0.717, 1.165) is 22.2 Å². The van der Waals surface area contributed by atoms with E-state index in [1.54, 1.807) is 42.5 Å². The van der Waals surface area contributed by atoms with Gasteiger partial charge in [-0.25, -0.2) is 0 Å². The molecule has 0 N–H and O–H groups in total. The normalized spacial score (nSPS) is 14.6. The summed E-state index contributed by atoms with van der Waals surface area (Å²) in [6.45, 7) is 1.98. The third-order valence-electron chi connectivity index (χ3n) is 5.51. The number of aryl methyl sites for hydroxylation is 1. The molecule has 198 valence electrons. The fraction of sp³-hybridized carbons (Fsp3) is 0.185. The first-order valence-corrected chi connectivity index (χ1v) is 13.6. The van der Waals surface area contributed by atoms with Crippen LogP contribution in [0.15, 0.2) is 76.5 Å². The Bertz CT molecular complexity index is 1480. The molecule has 0 unspecified atom stereocenters. The molecule has 1 fully saturated rings. The average Bonchev–Trinajstić information content (AvgIpc) is 3.16. The number of para-hydroxylation sites is 2. The second-order valence-electron chi connectivity index (χ2n) is 8.09. The highest BCUT2D eigenvalue weighted by molar-refractivity contribution is 8.18. The number of rotatable bonds is 10. The van der Waals surface area contributed by atoms with Crippen LogP contribution in [0.2, 0.25) is 0 Å². The zero-order valence-corrected chi connectivity index (χ0v) is 22.5. The highest BCUT2D eigenvalue weighted by Crippen LogP contribution is 2.35. The standard InChI is InChI=1S/C27H25NO8S2/c1-18-8-11-20(12-9-18)38(31,32)36-24-16-19(10-13-22(24)34-3)17-25-26(29)28(27(30)37-25)14-15-35-23-7-5-4-6-21(23)33-2/h4-13,16-17H,14-15H2,1-3H3/b25-17-. The van der Waals surface area contributed by atoms with Gasteiger partial charge in [0.05, 0.1) is 25.7 Å². The molecule has 2 amide bonds. The molecule has 0 atom stereocenters. The van der Waals surface area contributed by atoms with Crippen LogP contribution in [0.5, 0.6) is 23.0 Å². The summed E-state index contributed by atoms with van der Waals surface area (Å²) < 4.78 is 47.1. The first kappa shape index (κ1) is 27.1. The smallest absolute Gasteiger partial charge is 0.339 e. The number of benzene rings is 3. The van der Waals surface area contributed by atoms with Crippen molar-refractivity contribution in [3.8, 4) is 23.0 Å². The highest BCUT2D eigenvalue weighted by atomic mass is 32.2. The van der Waals surface area contributed by atoms with Gasteiger partial charge in [0.1, 0.15) is 11.5 Å². The van der Waals surface area contributed by atoms with E-state index in [1.165, 1.54) is 44.6 Å². The number of thioether (sulfide) groups is 1. The van der Waals surface area contributed by atoms with Crippen LogP contribution >= 0.6 is 11.8 Å². The first-order chi connectivity index (χ1) is 18.2. The van der Waals surface area contributed by atoms with Crippen molar-refractivity contribution in [2.24, 2.45) is 0 Å². The summed E-state index contributed by atoms with van der Waals surface area (Å²) in [5, 5.41) is -0.434. The largest absolute Gasteiger partial charge is 0.493 e. The van der Waals surface area contributed by atoms with Gasteiger partial charge in [-0.1, -0.05) is 35.9 Å². The van der Waals surface area contributed by atoms with E-state index >= 15 is 0 Å². The minimum Gasteiger partial charge on any atom is -0.493 e. The number of carbonyl (C=O) groups excluding carboxylic acids is 2. The molecule has 0 aromatic heterocycles. The van der Waals surface area contributed by atoms with Crippen molar-refractivity contribution in [1.29, 1.82) is 0 Å². The number of amides is 2. The average molecular weight is 556 g/mol. The Kier molecular flexibility index (Phi) is 8.28. The summed E-state index contributed by atoms with van der Waals surface area (Å²) in [4.78, 5) is 26.7. The lowest BCUT2D eigenvalue weighted by molar-refractivity contribution is -0.123. The van der Waals surface area contributed by atoms with Gasteiger partial charge in [-0.2, -0.15) is 8.42 Å². The van der Waals surface area contributed by atoms with Gasteiger partial charge < -0.3 is 18.4 Å². The van der Waals surface area contributed by atoms with Gasteiger partial charge in [0.2, 0.25) is 0 Å². The Hall–Kier alpha value is -3.96. The Morgan fingerprint density at radius 1 is 0.868 bits per heavy atom. The molecule has 9 nitrogen and oxygen atoms in total. The van der Waals surface area contributed by atoms with Gasteiger partial charge in [-0.05, 0) is 66.7 Å². The number of ether oxygens (including phenoxy) is 3. The number of methoxy groups -OCH3 is 2. The topological polar surface area (TPSA) is 108 Å². The number of nitrogens with zero attached hydrogens (tertiary/aromatic N) is 1. The minimum atomic E-state index is -4.13. The second-order valence-corrected chi connectivity index (χ2v) is 10.6. The quantitative estimate of drug-likeness (QED) is 0.255. The molecule has 1 aliphatic heterocycles. The Morgan fingerprint density at radius 3 is 2.21 bits per heavy atom. The molecule has 1 heterocycles. The maximum Gasteiger partial charge on any atom is 0.339 e. The highest BCUT2D eigenvalue weighted by Gasteiger charge is 2.35. The first-order valence-electron chi connectivity index (χ1n) is 11.4. The SMILES string of the molecule is COc1ccccc1OCCN1C(=O)S/C(=C\c2ccc(OC)c(OS(=O)(=O)c3ccc(C)cc3)c2)C1=O. The van der Waals surface area contributed by atoms with Crippen molar-refractivity contribution < 1.29 is 36.4 Å². The predicted octanol–water partition coefficient (Wildman–Crippen LogP) is 4.90. The van der Waals surface area contributed by atoms with E-state index in [4.69, 9.17) is 18.4 Å². The molecule has 3 aromatic rings. The molecule has 3 aromatic carbocycles. The number of hydrogen-bond acceptors (Lipinski definition) is 9. The Morgan fingerprint density at radius 2 is 1.53 bits per heavy atom. The van der Waals surface area contributed by atoms with Crippen molar-refractivity contribution in [2.75, 3.05) is 27.4 Å². The lowest BCUT2D eigenvalue weighted by Gasteiger charge is -2.14. The van der Waals surface area contributed by atoms with E-state index in [9.17, 15) is 18.0 Å². The number of hydrogen-bond donors (Lipinski definition) is 0. The molecular formula is C27H25NO8S2. The van der Waals surface area contributed by atoms with Crippen LogP contribution in [-0.2, 0) is 14.9 Å². The van der Waals surface area contributed by atoms with Crippen LogP contribution in [-0.4, -0.2) is 51.8 Å². The predicted molar refractivity (Wildman–Crippen MR) is 143 cm³/mol. The molecule has 0 aliphatic carbocycles. The second kappa shape index (κ2) is 11.6. The summed E-state index contributed by atoms with van der Waals surface area (Å²) >= 11 is 0.786. The van der Waals surface area contributed by atoms with Crippen LogP contribution in [0.4, 0.5) is 4.79 Å². The summed E-state index contributed by atoms with van der Waals surface area (Å²) in [5.74, 6) is 0.715. The fourth-order valence-electron chi connectivity index (χ4n) is 3.55. The van der Waals surface area contributed by atoms with E-state index in [0.29, 0.717) is 17.1 Å². The molecule has 1 saturated heterocycles. The Balaban J connectivity index is 1.49. The zero-order valence-electron chi connectivity index (χ0n) is 20.9. The van der Waals surface area contributed by atoms with Crippen LogP contribution in [0.25, 0.3) is 6.08 Å². The van der Waals surface area contributed by atoms with E-state index < -0.39 is 21.3 Å². The van der Waals surface area contributed by atoms with Crippen molar-refractivity contribution >= 4 is 39.1 Å². The summed E-state index contributed by atoms with van der Waals surface area (Å²) in [5.41, 5.74) is 1.36. The summed E-state index contributed by atoms with van der Waals surface area (Å²) in [6, 6.07) is 17.9. The van der Waals surface area contributed by atoms with Crippen LogP contribution in [0.3, 0.4) is 0 Å². The van der Waals surface area contributed by atoms with Crippen molar-refractivity contribution in [3.05, 3.63) is 82.8 Å². The van der Waals surface area contributed by atoms with Crippen LogP contribution in [0, 0.1) is 6.92 Å². The van der Waals surface area contributed by atoms with Crippen LogP contribution in [0.1, 0.15) is 11.1 Å². The van der Waals surface area contributed by atoms with Gasteiger partial charge >= 0.3 is 10.1 Å². The minimum absolute atomic E-state index is 0.00739. The van der Waals surface area contributed by atoms with E-state index in [1.807, 2.05) is 6.92 Å². The third kappa shape index (κ3) is 6.12. The maximum atomic E-state index is 12.9. The zero-order chi connectivity index (χ0) is 27.3. The number of imide groups is 1. The molecular weight excluding hydrogens is 530 g/mol. The van der Waals surface area contributed by atoms with Gasteiger partial charge in [0.25, 0.3) is 11.1 Å². The van der Waals surface area contributed by atoms with Crippen LogP contribution < -0.4 is 18.4 Å². The number of carbonyl (C=O) groups is 2. The maximum absolute atomic E-state index is 12.9. The van der Waals surface area contributed by atoms with Gasteiger partial charge in [-0.3, -0.25) is 14.5 Å². The van der Waals surface area contributed by atoms with Gasteiger partial charge in [0.15, 0.2) is 23.0 Å². The fourth-order valence-corrected chi connectivity index (χ4v) is 5.35. The van der Waals surface area contributed by atoms with Crippen molar-refractivity contribution in [1.82, 2.24) is 4.90 Å². The monoisotopic (exact) mass is 555 g/mol. The van der Waals surface area contributed by atoms with E-state index in [2.05, 4.69) is 0 Å². The third-order valence-corrected chi connectivity index (χ3v) is 7.67.